The van der Waals surface area contributed by atoms with Crippen molar-refractivity contribution in [3.8, 4) is 0 Å². The highest BCUT2D eigenvalue weighted by Crippen LogP contribution is 2.05. The lowest BCUT2D eigenvalue weighted by molar-refractivity contribution is 0.452. The predicted molar refractivity (Wildman–Crippen MR) is 66.7 cm³/mol. The summed E-state index contributed by atoms with van der Waals surface area (Å²) in [5.74, 6) is 1.06. The number of furan rings is 1. The van der Waals surface area contributed by atoms with Crippen LogP contribution in [0.15, 0.2) is 41.5 Å². The molecular weight excluding hydrogens is 214 g/mol. The second kappa shape index (κ2) is 6.25. The maximum absolute atomic E-state index is 5.31. The summed E-state index contributed by atoms with van der Waals surface area (Å²) in [6.07, 6.45) is 9.45. The average Bonchev–Trinajstić information content (AvgIpc) is 2.99. The maximum atomic E-state index is 5.31. The van der Waals surface area contributed by atoms with Gasteiger partial charge >= 0.3 is 0 Å². The van der Waals surface area contributed by atoms with E-state index in [2.05, 4.69) is 21.8 Å². The summed E-state index contributed by atoms with van der Waals surface area (Å²) in [4.78, 5) is 4.01. The van der Waals surface area contributed by atoms with E-state index in [9.17, 15) is 0 Å². The zero-order valence-electron chi connectivity index (χ0n) is 10.2. The van der Waals surface area contributed by atoms with E-state index in [0.717, 1.165) is 31.7 Å². The Kier molecular flexibility index (Phi) is 4.38. The molecule has 2 heterocycles. The van der Waals surface area contributed by atoms with Crippen molar-refractivity contribution in [1.29, 1.82) is 0 Å². The van der Waals surface area contributed by atoms with Crippen LogP contribution in [0.1, 0.15) is 19.1 Å². The Hall–Kier alpha value is -1.55. The second-order valence-corrected chi connectivity index (χ2v) is 4.27. The molecule has 2 rings (SSSR count). The number of nitrogens with one attached hydrogen (secondary N) is 1. The Morgan fingerprint density at radius 3 is 3.18 bits per heavy atom. The molecule has 0 aliphatic carbocycles. The molecule has 0 fully saturated rings. The van der Waals surface area contributed by atoms with E-state index in [1.54, 1.807) is 12.5 Å². The third-order valence-corrected chi connectivity index (χ3v) is 2.83. The van der Waals surface area contributed by atoms with E-state index in [1.807, 2.05) is 24.7 Å². The topological polar surface area (TPSA) is 43.0 Å². The molecule has 92 valence electrons. The lowest BCUT2D eigenvalue weighted by atomic mass is 10.1. The van der Waals surface area contributed by atoms with Crippen molar-refractivity contribution in [2.24, 2.45) is 0 Å². The Bertz CT molecular complexity index is 394. The molecule has 1 atom stereocenters. The van der Waals surface area contributed by atoms with Crippen LogP contribution in [0.5, 0.6) is 0 Å². The quantitative estimate of drug-likeness (QED) is 0.796. The molecule has 0 aliphatic heterocycles. The van der Waals surface area contributed by atoms with Crippen molar-refractivity contribution in [1.82, 2.24) is 14.9 Å². The van der Waals surface area contributed by atoms with Crippen molar-refractivity contribution in [3.05, 3.63) is 42.9 Å². The van der Waals surface area contributed by atoms with Crippen molar-refractivity contribution < 1.29 is 4.42 Å². The molecule has 0 amide bonds. The molecule has 0 saturated heterocycles. The molecule has 0 saturated carbocycles. The monoisotopic (exact) mass is 233 g/mol. The number of imidazole rings is 1. The van der Waals surface area contributed by atoms with Crippen molar-refractivity contribution in [3.63, 3.8) is 0 Å². The average molecular weight is 233 g/mol. The molecular formula is C13H19N3O. The number of nitrogens with zero attached hydrogens (tertiary/aromatic N) is 2. The Balaban J connectivity index is 1.59. The molecule has 2 aromatic heterocycles. The number of aromatic nitrogens is 2. The zero-order chi connectivity index (χ0) is 11.9. The summed E-state index contributed by atoms with van der Waals surface area (Å²) < 4.78 is 7.38. The van der Waals surface area contributed by atoms with E-state index in [1.165, 1.54) is 0 Å². The smallest absolute Gasteiger partial charge is 0.103 e. The second-order valence-electron chi connectivity index (χ2n) is 4.27. The summed E-state index contributed by atoms with van der Waals surface area (Å²) in [6.45, 7) is 4.14. The van der Waals surface area contributed by atoms with Gasteiger partial charge in [0.15, 0.2) is 0 Å². The molecule has 0 aliphatic rings. The van der Waals surface area contributed by atoms with E-state index < -0.39 is 0 Å². The van der Waals surface area contributed by atoms with Crippen molar-refractivity contribution in [2.75, 3.05) is 6.54 Å². The summed E-state index contributed by atoms with van der Waals surface area (Å²) in [6, 6.07) is 4.47. The first-order chi connectivity index (χ1) is 8.34. The molecule has 2 aromatic rings. The van der Waals surface area contributed by atoms with Crippen LogP contribution < -0.4 is 5.32 Å². The van der Waals surface area contributed by atoms with Gasteiger partial charge in [-0.05, 0) is 25.5 Å². The minimum absolute atomic E-state index is 0.503. The first kappa shape index (κ1) is 11.9. The molecule has 1 unspecified atom stereocenters. The van der Waals surface area contributed by atoms with Gasteiger partial charge < -0.3 is 14.3 Å². The first-order valence-electron chi connectivity index (χ1n) is 6.06. The zero-order valence-corrected chi connectivity index (χ0v) is 10.2. The van der Waals surface area contributed by atoms with E-state index in [4.69, 9.17) is 4.42 Å². The SMILES string of the molecule is CC(CCc1ccco1)NCCn1ccnc1. The third-order valence-electron chi connectivity index (χ3n) is 2.83. The largest absolute Gasteiger partial charge is 0.469 e. The predicted octanol–water partition coefficient (Wildman–Crippen LogP) is 2.09. The highest BCUT2D eigenvalue weighted by atomic mass is 16.3. The van der Waals surface area contributed by atoms with E-state index in [0.29, 0.717) is 6.04 Å². The van der Waals surface area contributed by atoms with Gasteiger partial charge in [-0.15, -0.1) is 0 Å². The van der Waals surface area contributed by atoms with Gasteiger partial charge in [-0.25, -0.2) is 4.98 Å². The molecule has 4 nitrogen and oxygen atoms in total. The minimum Gasteiger partial charge on any atom is -0.469 e. The van der Waals surface area contributed by atoms with Gasteiger partial charge in [0.25, 0.3) is 0 Å². The van der Waals surface area contributed by atoms with Crippen LogP contribution in [0.2, 0.25) is 0 Å². The fourth-order valence-electron chi connectivity index (χ4n) is 1.77. The van der Waals surface area contributed by atoms with Gasteiger partial charge in [-0.2, -0.15) is 0 Å². The van der Waals surface area contributed by atoms with Gasteiger partial charge in [0, 0.05) is 37.9 Å². The Morgan fingerprint density at radius 1 is 1.53 bits per heavy atom. The van der Waals surface area contributed by atoms with E-state index >= 15 is 0 Å². The molecule has 4 heteroatoms. The standard InChI is InChI=1S/C13H19N3O/c1-12(4-5-13-3-2-10-17-13)15-7-9-16-8-6-14-11-16/h2-3,6,8,10-12,15H,4-5,7,9H2,1H3. The van der Waals surface area contributed by atoms with Crippen LogP contribution in [0.25, 0.3) is 0 Å². The summed E-state index contributed by atoms with van der Waals surface area (Å²) >= 11 is 0. The number of rotatable bonds is 7. The van der Waals surface area contributed by atoms with Crippen LogP contribution >= 0.6 is 0 Å². The van der Waals surface area contributed by atoms with Crippen LogP contribution in [0.3, 0.4) is 0 Å². The van der Waals surface area contributed by atoms with Crippen LogP contribution in [-0.4, -0.2) is 22.1 Å². The third kappa shape index (κ3) is 4.07. The highest BCUT2D eigenvalue weighted by Gasteiger charge is 2.03. The van der Waals surface area contributed by atoms with Gasteiger partial charge in [-0.1, -0.05) is 0 Å². The summed E-state index contributed by atoms with van der Waals surface area (Å²) in [5, 5.41) is 3.49. The summed E-state index contributed by atoms with van der Waals surface area (Å²) in [7, 11) is 0. The van der Waals surface area contributed by atoms with E-state index in [-0.39, 0.29) is 0 Å². The Labute approximate surface area is 102 Å². The molecule has 0 spiro atoms. The first-order valence-corrected chi connectivity index (χ1v) is 6.06. The number of aryl methyl sites for hydroxylation is 1. The fourth-order valence-corrected chi connectivity index (χ4v) is 1.77. The molecule has 0 radical (unpaired) electrons. The van der Waals surface area contributed by atoms with Crippen molar-refractivity contribution >= 4 is 0 Å². The van der Waals surface area contributed by atoms with Gasteiger partial charge in [-0.3, -0.25) is 0 Å². The number of hydrogen-bond acceptors (Lipinski definition) is 3. The van der Waals surface area contributed by atoms with Crippen LogP contribution in [0, 0.1) is 0 Å². The minimum atomic E-state index is 0.503. The lowest BCUT2D eigenvalue weighted by Gasteiger charge is -2.13. The maximum Gasteiger partial charge on any atom is 0.103 e. The van der Waals surface area contributed by atoms with Gasteiger partial charge in [0.2, 0.25) is 0 Å². The van der Waals surface area contributed by atoms with Crippen LogP contribution in [0.4, 0.5) is 0 Å². The van der Waals surface area contributed by atoms with Crippen molar-refractivity contribution in [2.45, 2.75) is 32.4 Å². The summed E-state index contributed by atoms with van der Waals surface area (Å²) in [5.41, 5.74) is 0. The van der Waals surface area contributed by atoms with Gasteiger partial charge in [0.1, 0.15) is 5.76 Å². The number of hydrogen-bond donors (Lipinski definition) is 1. The Morgan fingerprint density at radius 2 is 2.47 bits per heavy atom. The van der Waals surface area contributed by atoms with Crippen LogP contribution in [-0.2, 0) is 13.0 Å². The molecule has 1 N–H and O–H groups in total. The molecule has 0 aromatic carbocycles. The lowest BCUT2D eigenvalue weighted by Crippen LogP contribution is -2.29. The molecule has 17 heavy (non-hydrogen) atoms. The molecule has 0 bridgehead atoms. The normalized spacial score (nSPS) is 12.8. The highest BCUT2D eigenvalue weighted by molar-refractivity contribution is 4.98. The van der Waals surface area contributed by atoms with Gasteiger partial charge in [0.05, 0.1) is 12.6 Å². The fraction of sp³-hybridized carbons (Fsp3) is 0.462.